The highest BCUT2D eigenvalue weighted by Gasteiger charge is 2.19. The third kappa shape index (κ3) is 4.74. The molecule has 0 saturated carbocycles. The van der Waals surface area contributed by atoms with Gasteiger partial charge in [-0.2, -0.15) is 0 Å². The maximum Gasteiger partial charge on any atom is 0.262 e. The van der Waals surface area contributed by atoms with Crippen LogP contribution in [0.15, 0.2) is 46.9 Å². The van der Waals surface area contributed by atoms with E-state index in [1.165, 1.54) is 0 Å². The van der Waals surface area contributed by atoms with Crippen LogP contribution in [-0.4, -0.2) is 24.6 Å². The van der Waals surface area contributed by atoms with Crippen molar-refractivity contribution in [1.82, 2.24) is 4.98 Å². The molecule has 170 valence electrons. The van der Waals surface area contributed by atoms with Crippen LogP contribution in [0.3, 0.4) is 0 Å². The van der Waals surface area contributed by atoms with Gasteiger partial charge in [0.2, 0.25) is 5.89 Å². The highest BCUT2D eigenvalue weighted by molar-refractivity contribution is 6.42. The summed E-state index contributed by atoms with van der Waals surface area (Å²) in [5, 5.41) is 3.81. The molecule has 6 nitrogen and oxygen atoms in total. The number of nitrogens with one attached hydrogen (secondary N) is 1. The zero-order valence-corrected chi connectivity index (χ0v) is 20.2. The number of methoxy groups -OCH3 is 1. The number of benzene rings is 3. The molecule has 0 spiro atoms. The first kappa shape index (κ1) is 23.2. The van der Waals surface area contributed by atoms with Crippen molar-refractivity contribution in [2.24, 2.45) is 0 Å². The van der Waals surface area contributed by atoms with Gasteiger partial charge < -0.3 is 19.2 Å². The third-order valence-corrected chi connectivity index (χ3v) is 6.53. The van der Waals surface area contributed by atoms with Crippen molar-refractivity contribution in [3.05, 3.63) is 68.7 Å². The van der Waals surface area contributed by atoms with Crippen molar-refractivity contribution in [2.75, 3.05) is 19.0 Å². The molecule has 0 saturated heterocycles. The fourth-order valence-electron chi connectivity index (χ4n) is 3.26. The first-order chi connectivity index (χ1) is 15.8. The van der Waals surface area contributed by atoms with E-state index in [0.717, 1.165) is 0 Å². The van der Waals surface area contributed by atoms with Crippen molar-refractivity contribution in [3.63, 3.8) is 0 Å². The minimum absolute atomic E-state index is 0.225. The van der Waals surface area contributed by atoms with E-state index >= 15 is 0 Å². The lowest BCUT2D eigenvalue weighted by molar-refractivity contribution is -0.118. The maximum atomic E-state index is 12.5. The molecule has 0 radical (unpaired) electrons. The number of nitrogens with zero attached hydrogens (tertiary/aromatic N) is 1. The van der Waals surface area contributed by atoms with Crippen LogP contribution in [0.5, 0.6) is 11.5 Å². The quantitative estimate of drug-likeness (QED) is 0.302. The van der Waals surface area contributed by atoms with Crippen molar-refractivity contribution >= 4 is 57.5 Å². The van der Waals surface area contributed by atoms with Crippen LogP contribution < -0.4 is 14.8 Å². The molecule has 4 aromatic rings. The van der Waals surface area contributed by atoms with Crippen molar-refractivity contribution in [1.29, 1.82) is 0 Å². The molecule has 3 aromatic carbocycles. The Morgan fingerprint density at radius 1 is 1.03 bits per heavy atom. The Labute approximate surface area is 205 Å². The number of oxazole rings is 1. The zero-order chi connectivity index (χ0) is 23.7. The molecule has 9 heteroatoms. The number of rotatable bonds is 6. The number of hydrogen-bond donors (Lipinski definition) is 1. The fraction of sp³-hybridized carbons (Fsp3) is 0.167. The second-order valence-electron chi connectivity index (χ2n) is 7.29. The summed E-state index contributed by atoms with van der Waals surface area (Å²) >= 11 is 18.8. The number of hydrogen-bond acceptors (Lipinski definition) is 5. The summed E-state index contributed by atoms with van der Waals surface area (Å²) in [7, 11) is 1.59. The van der Waals surface area contributed by atoms with E-state index in [1.807, 2.05) is 6.07 Å². The van der Waals surface area contributed by atoms with Gasteiger partial charge in [0.05, 0.1) is 17.2 Å². The first-order valence-corrected chi connectivity index (χ1v) is 11.0. The van der Waals surface area contributed by atoms with Crippen molar-refractivity contribution < 1.29 is 18.7 Å². The Morgan fingerprint density at radius 3 is 2.45 bits per heavy atom. The highest BCUT2D eigenvalue weighted by atomic mass is 35.5. The van der Waals surface area contributed by atoms with E-state index in [9.17, 15) is 4.79 Å². The van der Waals surface area contributed by atoms with Crippen LogP contribution in [0.25, 0.3) is 22.6 Å². The van der Waals surface area contributed by atoms with Crippen LogP contribution in [-0.2, 0) is 4.79 Å². The maximum absolute atomic E-state index is 12.5. The summed E-state index contributed by atoms with van der Waals surface area (Å²) in [6, 6.07) is 12.5. The Kier molecular flexibility index (Phi) is 6.70. The molecule has 0 fully saturated rings. The van der Waals surface area contributed by atoms with Crippen LogP contribution >= 0.6 is 34.8 Å². The van der Waals surface area contributed by atoms with E-state index < -0.39 is 0 Å². The third-order valence-electron chi connectivity index (χ3n) is 5.05. The van der Waals surface area contributed by atoms with Crippen molar-refractivity contribution in [2.45, 2.75) is 13.8 Å². The van der Waals surface area contributed by atoms with Gasteiger partial charge in [-0.1, -0.05) is 40.9 Å². The Hall–Kier alpha value is -2.93. The van der Waals surface area contributed by atoms with Crippen LogP contribution in [0.4, 0.5) is 5.69 Å². The van der Waals surface area contributed by atoms with Gasteiger partial charge in [0.25, 0.3) is 5.91 Å². The number of carbonyl (C=O) groups excluding carboxylic acids is 1. The minimum Gasteiger partial charge on any atom is -0.497 e. The summed E-state index contributed by atoms with van der Waals surface area (Å²) in [6.07, 6.45) is 0. The smallest absolute Gasteiger partial charge is 0.262 e. The average Bonchev–Trinajstić information content (AvgIpc) is 3.25. The molecule has 1 amide bonds. The van der Waals surface area contributed by atoms with Crippen LogP contribution in [0, 0.1) is 13.8 Å². The Bertz CT molecular complexity index is 1340. The van der Waals surface area contributed by atoms with Gasteiger partial charge in [-0.3, -0.25) is 4.79 Å². The topological polar surface area (TPSA) is 73.6 Å². The SMILES string of the molecule is COc1ccc2oc(-c3cccc(NC(=O)COc4c(Cl)c(C)c(Cl)c(C)c4Cl)c3)nc2c1. The molecule has 1 aromatic heterocycles. The molecule has 1 heterocycles. The normalized spacial score (nSPS) is 11.0. The van der Waals surface area contributed by atoms with Gasteiger partial charge in [0.1, 0.15) is 11.3 Å². The number of halogens is 3. The van der Waals surface area contributed by atoms with Crippen LogP contribution in [0.2, 0.25) is 15.1 Å². The number of fused-ring (bicyclic) bond motifs is 1. The van der Waals surface area contributed by atoms with E-state index in [0.29, 0.717) is 50.1 Å². The second kappa shape index (κ2) is 9.51. The molecule has 0 aliphatic heterocycles. The summed E-state index contributed by atoms with van der Waals surface area (Å²) in [6.45, 7) is 3.23. The molecule has 33 heavy (non-hydrogen) atoms. The molecule has 0 aliphatic rings. The summed E-state index contributed by atoms with van der Waals surface area (Å²) in [5.74, 6) is 0.960. The molecule has 0 atom stereocenters. The summed E-state index contributed by atoms with van der Waals surface area (Å²) < 4.78 is 16.7. The van der Waals surface area contributed by atoms with E-state index in [-0.39, 0.29) is 28.3 Å². The van der Waals surface area contributed by atoms with Gasteiger partial charge in [-0.05, 0) is 55.3 Å². The fourth-order valence-corrected chi connectivity index (χ4v) is 4.08. The Balaban J connectivity index is 1.49. The van der Waals surface area contributed by atoms with E-state index in [4.69, 9.17) is 48.7 Å². The summed E-state index contributed by atoms with van der Waals surface area (Å²) in [5.41, 5.74) is 3.85. The molecular weight excluding hydrogens is 487 g/mol. The number of aromatic nitrogens is 1. The van der Waals surface area contributed by atoms with Crippen LogP contribution in [0.1, 0.15) is 11.1 Å². The molecule has 1 N–H and O–H groups in total. The second-order valence-corrected chi connectivity index (χ2v) is 8.43. The molecule has 0 bridgehead atoms. The van der Waals surface area contributed by atoms with Gasteiger partial charge in [-0.25, -0.2) is 4.98 Å². The minimum atomic E-state index is -0.383. The molecular formula is C24H19Cl3N2O4. The standard InChI is InChI=1S/C24H19Cl3N2O4/c1-12-20(25)13(2)22(27)23(21(12)26)32-11-19(30)28-15-6-4-5-14(9-15)24-29-17-10-16(31-3)7-8-18(17)33-24/h4-10H,11H2,1-3H3,(H,28,30). The lowest BCUT2D eigenvalue weighted by Crippen LogP contribution is -2.20. The average molecular weight is 506 g/mol. The first-order valence-electron chi connectivity index (χ1n) is 9.89. The lowest BCUT2D eigenvalue weighted by atomic mass is 10.1. The van der Waals surface area contributed by atoms with E-state index in [2.05, 4.69) is 10.3 Å². The Morgan fingerprint density at radius 2 is 1.76 bits per heavy atom. The number of anilines is 1. The lowest BCUT2D eigenvalue weighted by Gasteiger charge is -2.15. The monoisotopic (exact) mass is 504 g/mol. The van der Waals surface area contributed by atoms with E-state index in [1.54, 1.807) is 57.4 Å². The number of carbonyl (C=O) groups is 1. The van der Waals surface area contributed by atoms with Crippen molar-refractivity contribution in [3.8, 4) is 23.0 Å². The highest BCUT2D eigenvalue weighted by Crippen LogP contribution is 2.42. The van der Waals surface area contributed by atoms with Gasteiger partial charge >= 0.3 is 0 Å². The number of amides is 1. The van der Waals surface area contributed by atoms with Gasteiger partial charge in [-0.15, -0.1) is 0 Å². The zero-order valence-electron chi connectivity index (χ0n) is 18.0. The summed E-state index contributed by atoms with van der Waals surface area (Å²) in [4.78, 5) is 17.0. The molecule has 0 unspecified atom stereocenters. The predicted molar refractivity (Wildman–Crippen MR) is 131 cm³/mol. The largest absolute Gasteiger partial charge is 0.497 e. The molecule has 4 rings (SSSR count). The number of ether oxygens (including phenoxy) is 2. The predicted octanol–water partition coefficient (Wildman–Crippen LogP) is 7.10. The van der Waals surface area contributed by atoms with Gasteiger partial charge in [0, 0.05) is 22.3 Å². The van der Waals surface area contributed by atoms with Gasteiger partial charge in [0.15, 0.2) is 17.9 Å². The molecule has 0 aliphatic carbocycles.